The molecule has 0 aliphatic carbocycles. The number of aryl methyl sites for hydroxylation is 2. The molecule has 2 heterocycles. The third-order valence-electron chi connectivity index (χ3n) is 3.35. The van der Waals surface area contributed by atoms with Crippen LogP contribution in [0, 0.1) is 0 Å². The van der Waals surface area contributed by atoms with Gasteiger partial charge in [-0.3, -0.25) is 4.68 Å². The van der Waals surface area contributed by atoms with Gasteiger partial charge in [0.1, 0.15) is 11.9 Å². The molecule has 104 valence electrons. The lowest BCUT2D eigenvalue weighted by Crippen LogP contribution is -2.00. The Labute approximate surface area is 121 Å². The third-order valence-corrected chi connectivity index (χ3v) is 3.65. The maximum Gasteiger partial charge on any atom is 0.153 e. The van der Waals surface area contributed by atoms with E-state index in [9.17, 15) is 5.11 Å². The molecule has 1 N–H and O–H groups in total. The minimum atomic E-state index is -0.831. The first-order chi connectivity index (χ1) is 9.60. The largest absolute Gasteiger partial charge is 0.456 e. The molecule has 0 fully saturated rings. The van der Waals surface area contributed by atoms with Gasteiger partial charge in [-0.2, -0.15) is 5.10 Å². The van der Waals surface area contributed by atoms with Gasteiger partial charge in [-0.25, -0.2) is 0 Å². The summed E-state index contributed by atoms with van der Waals surface area (Å²) in [5.41, 5.74) is 2.24. The van der Waals surface area contributed by atoms with Crippen LogP contribution in [-0.4, -0.2) is 14.9 Å². The minimum absolute atomic E-state index is 0.482. The number of halogens is 1. The first-order valence-electron chi connectivity index (χ1n) is 6.48. The maximum absolute atomic E-state index is 10.5. The predicted octanol–water partition coefficient (Wildman–Crippen LogP) is 3.46. The molecule has 0 saturated carbocycles. The number of hydrogen-bond acceptors (Lipinski definition) is 3. The van der Waals surface area contributed by atoms with Crippen LogP contribution in [0.5, 0.6) is 0 Å². The lowest BCUT2D eigenvalue weighted by Gasteiger charge is -2.06. The van der Waals surface area contributed by atoms with Gasteiger partial charge in [0.2, 0.25) is 0 Å². The fourth-order valence-corrected chi connectivity index (χ4v) is 2.61. The molecule has 2 aromatic heterocycles. The second-order valence-corrected chi connectivity index (χ2v) is 5.18. The topological polar surface area (TPSA) is 51.2 Å². The highest BCUT2D eigenvalue weighted by atomic mass is 35.5. The molecule has 0 spiro atoms. The van der Waals surface area contributed by atoms with Crippen molar-refractivity contribution in [3.63, 3.8) is 0 Å². The average Bonchev–Trinajstić information content (AvgIpc) is 3.02. The van der Waals surface area contributed by atoms with Crippen LogP contribution in [0.15, 0.2) is 34.9 Å². The van der Waals surface area contributed by atoms with Crippen LogP contribution in [-0.2, 0) is 13.5 Å². The molecule has 1 aromatic carbocycles. The zero-order chi connectivity index (χ0) is 14.3. The van der Waals surface area contributed by atoms with Crippen LogP contribution in [0.1, 0.15) is 30.0 Å². The summed E-state index contributed by atoms with van der Waals surface area (Å²) in [6, 6.07) is 7.35. The first kappa shape index (κ1) is 13.2. The molecule has 3 rings (SSSR count). The van der Waals surface area contributed by atoms with Crippen LogP contribution in [0.3, 0.4) is 0 Å². The van der Waals surface area contributed by atoms with E-state index in [1.165, 1.54) is 0 Å². The molecule has 20 heavy (non-hydrogen) atoms. The molecule has 4 nitrogen and oxygen atoms in total. The number of aliphatic hydroxyl groups is 1. The summed E-state index contributed by atoms with van der Waals surface area (Å²) in [7, 11) is 1.84. The van der Waals surface area contributed by atoms with Gasteiger partial charge in [0.15, 0.2) is 5.58 Å². The van der Waals surface area contributed by atoms with Crippen LogP contribution in [0.2, 0.25) is 5.02 Å². The highest BCUT2D eigenvalue weighted by molar-refractivity contribution is 6.34. The Hall–Kier alpha value is -1.78. The Morgan fingerprint density at radius 3 is 2.95 bits per heavy atom. The number of rotatable bonds is 3. The lowest BCUT2D eigenvalue weighted by molar-refractivity contribution is 0.191. The number of aromatic nitrogens is 2. The Kier molecular flexibility index (Phi) is 3.28. The molecular weight excluding hydrogens is 276 g/mol. The zero-order valence-electron chi connectivity index (χ0n) is 11.3. The summed E-state index contributed by atoms with van der Waals surface area (Å²) in [6.45, 7) is 2.01. The second kappa shape index (κ2) is 4.96. The number of furan rings is 1. The van der Waals surface area contributed by atoms with Crippen molar-refractivity contribution < 1.29 is 9.52 Å². The van der Waals surface area contributed by atoms with Crippen molar-refractivity contribution in [3.05, 3.63) is 52.5 Å². The van der Waals surface area contributed by atoms with Crippen LogP contribution in [0.4, 0.5) is 0 Å². The van der Waals surface area contributed by atoms with E-state index in [1.54, 1.807) is 10.7 Å². The molecule has 1 atom stereocenters. The lowest BCUT2D eigenvalue weighted by atomic mass is 10.1. The van der Waals surface area contributed by atoms with Crippen molar-refractivity contribution in [1.29, 1.82) is 0 Å². The monoisotopic (exact) mass is 290 g/mol. The van der Waals surface area contributed by atoms with E-state index in [4.69, 9.17) is 16.0 Å². The van der Waals surface area contributed by atoms with Gasteiger partial charge in [-0.05, 0) is 18.6 Å². The molecular formula is C15H15ClN2O2. The predicted molar refractivity (Wildman–Crippen MR) is 77.9 cm³/mol. The van der Waals surface area contributed by atoms with Crippen LogP contribution < -0.4 is 0 Å². The molecule has 1 unspecified atom stereocenters. The van der Waals surface area contributed by atoms with Crippen LogP contribution >= 0.6 is 11.6 Å². The molecule has 0 saturated heterocycles. The number of nitrogens with zero attached hydrogens (tertiary/aromatic N) is 2. The summed E-state index contributed by atoms with van der Waals surface area (Å²) in [5, 5.41) is 16.3. The molecule has 0 radical (unpaired) electrons. The smallest absolute Gasteiger partial charge is 0.153 e. The van der Waals surface area contributed by atoms with E-state index < -0.39 is 6.10 Å². The Balaban J connectivity index is 2.07. The number of aliphatic hydroxyl groups excluding tert-OH is 1. The van der Waals surface area contributed by atoms with E-state index in [1.807, 2.05) is 38.4 Å². The Morgan fingerprint density at radius 2 is 2.25 bits per heavy atom. The molecule has 0 bridgehead atoms. The summed E-state index contributed by atoms with van der Waals surface area (Å²) in [4.78, 5) is 0. The number of benzene rings is 1. The number of para-hydroxylation sites is 1. The Morgan fingerprint density at radius 1 is 1.45 bits per heavy atom. The normalized spacial score (nSPS) is 13.0. The third kappa shape index (κ3) is 2.11. The highest BCUT2D eigenvalue weighted by Crippen LogP contribution is 2.32. The molecule has 0 aliphatic heterocycles. The first-order valence-corrected chi connectivity index (χ1v) is 6.86. The fourth-order valence-electron chi connectivity index (χ4n) is 2.39. The fraction of sp³-hybridized carbons (Fsp3) is 0.267. The summed E-state index contributed by atoms with van der Waals surface area (Å²) < 4.78 is 7.41. The van der Waals surface area contributed by atoms with Crippen LogP contribution in [0.25, 0.3) is 11.0 Å². The van der Waals surface area contributed by atoms with Crippen molar-refractivity contribution in [2.75, 3.05) is 0 Å². The minimum Gasteiger partial charge on any atom is -0.456 e. The molecule has 5 heteroatoms. The van der Waals surface area contributed by atoms with Crippen molar-refractivity contribution in [2.24, 2.45) is 7.05 Å². The second-order valence-electron chi connectivity index (χ2n) is 4.77. The van der Waals surface area contributed by atoms with E-state index in [0.29, 0.717) is 16.4 Å². The van der Waals surface area contributed by atoms with Crippen molar-refractivity contribution in [3.8, 4) is 0 Å². The molecule has 0 amide bonds. The van der Waals surface area contributed by atoms with E-state index >= 15 is 0 Å². The zero-order valence-corrected chi connectivity index (χ0v) is 12.1. The molecule has 3 aromatic rings. The summed E-state index contributed by atoms with van der Waals surface area (Å²) in [6.07, 6.45) is 1.74. The van der Waals surface area contributed by atoms with E-state index in [2.05, 4.69) is 5.10 Å². The summed E-state index contributed by atoms with van der Waals surface area (Å²) in [5.74, 6) is 0.482. The number of hydrogen-bond donors (Lipinski definition) is 1. The van der Waals surface area contributed by atoms with E-state index in [-0.39, 0.29) is 0 Å². The highest BCUT2D eigenvalue weighted by Gasteiger charge is 2.21. The number of fused-ring (bicyclic) bond motifs is 1. The Bertz CT molecular complexity index is 760. The van der Waals surface area contributed by atoms with Gasteiger partial charge in [-0.15, -0.1) is 0 Å². The van der Waals surface area contributed by atoms with E-state index in [0.717, 1.165) is 23.1 Å². The molecule has 0 aliphatic rings. The average molecular weight is 291 g/mol. The standard InChI is InChI=1S/C15H15ClN2O2/c1-3-12-10(8-18(2)17-12)14(19)13-7-9-5-4-6-11(16)15(9)20-13/h4-8,14,19H,3H2,1-2H3. The van der Waals surface area contributed by atoms with Crippen molar-refractivity contribution >= 4 is 22.6 Å². The van der Waals surface area contributed by atoms with Gasteiger partial charge in [0.05, 0.1) is 10.7 Å². The maximum atomic E-state index is 10.5. The van der Waals surface area contributed by atoms with Crippen molar-refractivity contribution in [1.82, 2.24) is 9.78 Å². The SMILES string of the molecule is CCc1nn(C)cc1C(O)c1cc2cccc(Cl)c2o1. The van der Waals surface area contributed by atoms with Gasteiger partial charge in [-0.1, -0.05) is 30.7 Å². The van der Waals surface area contributed by atoms with Gasteiger partial charge >= 0.3 is 0 Å². The van der Waals surface area contributed by atoms with Gasteiger partial charge in [0, 0.05) is 24.2 Å². The van der Waals surface area contributed by atoms with Gasteiger partial charge < -0.3 is 9.52 Å². The van der Waals surface area contributed by atoms with Gasteiger partial charge in [0.25, 0.3) is 0 Å². The summed E-state index contributed by atoms with van der Waals surface area (Å²) >= 11 is 6.09. The van der Waals surface area contributed by atoms with Crippen molar-refractivity contribution in [2.45, 2.75) is 19.4 Å². The quantitative estimate of drug-likeness (QED) is 0.803.